The van der Waals surface area contributed by atoms with Gasteiger partial charge < -0.3 is 15.5 Å². The van der Waals surface area contributed by atoms with Crippen LogP contribution >= 0.6 is 0 Å². The average molecular weight is 394 g/mol. The third-order valence-corrected chi connectivity index (χ3v) is 5.68. The number of benzene rings is 2. The van der Waals surface area contributed by atoms with Crippen LogP contribution in [0.5, 0.6) is 0 Å². The predicted octanol–water partition coefficient (Wildman–Crippen LogP) is 2.86. The minimum atomic E-state index is -0.245. The lowest BCUT2D eigenvalue weighted by atomic mass is 9.91. The van der Waals surface area contributed by atoms with Gasteiger partial charge in [0.25, 0.3) is 0 Å². The molecule has 3 rings (SSSR count). The Labute approximate surface area is 173 Å². The zero-order chi connectivity index (χ0) is 20.8. The summed E-state index contributed by atoms with van der Waals surface area (Å²) < 4.78 is 0. The number of aryl methyl sites for hydroxylation is 1. The van der Waals surface area contributed by atoms with Crippen molar-refractivity contribution in [2.75, 3.05) is 32.7 Å². The first-order valence-electron chi connectivity index (χ1n) is 10.4. The molecule has 1 atom stereocenters. The van der Waals surface area contributed by atoms with Crippen LogP contribution in [0.25, 0.3) is 11.1 Å². The highest BCUT2D eigenvalue weighted by molar-refractivity contribution is 5.83. The van der Waals surface area contributed by atoms with Crippen molar-refractivity contribution < 1.29 is 9.59 Å². The van der Waals surface area contributed by atoms with Crippen LogP contribution in [0, 0.1) is 12.8 Å². The molecule has 0 spiro atoms. The van der Waals surface area contributed by atoms with Gasteiger partial charge in [-0.2, -0.15) is 0 Å². The van der Waals surface area contributed by atoms with E-state index < -0.39 is 0 Å². The van der Waals surface area contributed by atoms with E-state index in [4.69, 9.17) is 5.73 Å². The molecule has 1 fully saturated rings. The highest BCUT2D eigenvalue weighted by Gasteiger charge is 2.31. The second-order valence-electron chi connectivity index (χ2n) is 7.72. The smallest absolute Gasteiger partial charge is 0.227 e. The van der Waals surface area contributed by atoms with Crippen molar-refractivity contribution in [3.05, 3.63) is 59.7 Å². The summed E-state index contributed by atoms with van der Waals surface area (Å²) >= 11 is 0. The van der Waals surface area contributed by atoms with Gasteiger partial charge in [0.05, 0.1) is 5.92 Å². The number of nitrogens with two attached hydrogens (primary N) is 1. The molecule has 29 heavy (non-hydrogen) atoms. The van der Waals surface area contributed by atoms with E-state index in [1.807, 2.05) is 28.9 Å². The Balaban J connectivity index is 1.89. The van der Waals surface area contributed by atoms with Gasteiger partial charge in [-0.05, 0) is 37.0 Å². The van der Waals surface area contributed by atoms with Crippen molar-refractivity contribution in [2.45, 2.75) is 26.7 Å². The number of carbonyl (C=O) groups excluding carboxylic acids is 2. The fraction of sp³-hybridized carbons (Fsp3) is 0.417. The molecule has 5 nitrogen and oxygen atoms in total. The molecular weight excluding hydrogens is 362 g/mol. The molecule has 1 heterocycles. The fourth-order valence-electron chi connectivity index (χ4n) is 4.00. The lowest BCUT2D eigenvalue weighted by Crippen LogP contribution is -2.38. The van der Waals surface area contributed by atoms with E-state index in [9.17, 15) is 9.59 Å². The Bertz CT molecular complexity index is 847. The molecule has 1 aliphatic heterocycles. The second-order valence-corrected chi connectivity index (χ2v) is 7.72. The standard InChI is InChI=1S/C24H31N3O2/c1-3-26-14-15-27(23(28)12-13-25)17-21(24(26)29)16-20-6-4-5-7-22(20)19-10-8-18(2)9-11-19/h4-11,21H,3,12-17,25H2,1-2H3. The largest absolute Gasteiger partial charge is 0.341 e. The molecule has 1 saturated heterocycles. The summed E-state index contributed by atoms with van der Waals surface area (Å²) in [7, 11) is 0. The van der Waals surface area contributed by atoms with Crippen molar-refractivity contribution in [3.63, 3.8) is 0 Å². The summed E-state index contributed by atoms with van der Waals surface area (Å²) in [5, 5.41) is 0. The normalized spacial score (nSPS) is 17.3. The van der Waals surface area contributed by atoms with Crippen molar-refractivity contribution in [1.82, 2.24) is 9.80 Å². The predicted molar refractivity (Wildman–Crippen MR) is 116 cm³/mol. The van der Waals surface area contributed by atoms with E-state index in [0.29, 0.717) is 45.6 Å². The van der Waals surface area contributed by atoms with Crippen LogP contribution < -0.4 is 5.73 Å². The summed E-state index contributed by atoms with van der Waals surface area (Å²) in [5.41, 5.74) is 10.2. The third kappa shape index (κ3) is 5.04. The number of amides is 2. The molecule has 2 aromatic carbocycles. The molecule has 154 valence electrons. The van der Waals surface area contributed by atoms with Gasteiger partial charge in [-0.25, -0.2) is 0 Å². The molecule has 2 N–H and O–H groups in total. The molecule has 0 aromatic heterocycles. The zero-order valence-corrected chi connectivity index (χ0v) is 17.4. The number of hydrogen-bond donors (Lipinski definition) is 1. The van der Waals surface area contributed by atoms with Crippen LogP contribution in [-0.4, -0.2) is 54.3 Å². The third-order valence-electron chi connectivity index (χ3n) is 5.68. The van der Waals surface area contributed by atoms with Crippen molar-refractivity contribution in [1.29, 1.82) is 0 Å². The molecule has 2 amide bonds. The van der Waals surface area contributed by atoms with Crippen LogP contribution in [0.4, 0.5) is 0 Å². The van der Waals surface area contributed by atoms with Gasteiger partial charge in [0.2, 0.25) is 11.8 Å². The first kappa shape index (κ1) is 21.1. The first-order chi connectivity index (χ1) is 14.0. The van der Waals surface area contributed by atoms with Gasteiger partial charge in [-0.3, -0.25) is 9.59 Å². The zero-order valence-electron chi connectivity index (χ0n) is 17.4. The van der Waals surface area contributed by atoms with Crippen LogP contribution in [0.15, 0.2) is 48.5 Å². The van der Waals surface area contributed by atoms with Gasteiger partial charge >= 0.3 is 0 Å². The maximum absolute atomic E-state index is 13.2. The van der Waals surface area contributed by atoms with Gasteiger partial charge in [-0.1, -0.05) is 54.1 Å². The highest BCUT2D eigenvalue weighted by atomic mass is 16.2. The Morgan fingerprint density at radius 1 is 1.10 bits per heavy atom. The molecule has 0 bridgehead atoms. The minimum Gasteiger partial charge on any atom is -0.341 e. The maximum Gasteiger partial charge on any atom is 0.227 e. The topological polar surface area (TPSA) is 66.6 Å². The van der Waals surface area contributed by atoms with E-state index in [-0.39, 0.29) is 17.7 Å². The molecule has 0 saturated carbocycles. The van der Waals surface area contributed by atoms with E-state index in [1.165, 1.54) is 5.56 Å². The molecule has 0 radical (unpaired) electrons. The Hall–Kier alpha value is -2.66. The maximum atomic E-state index is 13.2. The Kier molecular flexibility index (Phi) is 7.04. The number of likely N-dealkylation sites (N-methyl/N-ethyl adjacent to an activating group) is 1. The summed E-state index contributed by atoms with van der Waals surface area (Å²) in [5.74, 6) is -0.0740. The first-order valence-corrected chi connectivity index (χ1v) is 10.4. The van der Waals surface area contributed by atoms with E-state index in [0.717, 1.165) is 16.7 Å². The minimum absolute atomic E-state index is 0.0371. The lowest BCUT2D eigenvalue weighted by Gasteiger charge is -2.24. The van der Waals surface area contributed by atoms with E-state index in [1.54, 1.807) is 0 Å². The molecule has 1 aliphatic rings. The average Bonchev–Trinajstić information content (AvgIpc) is 2.88. The Morgan fingerprint density at radius 3 is 2.52 bits per heavy atom. The molecule has 0 aliphatic carbocycles. The molecule has 5 heteroatoms. The molecule has 1 unspecified atom stereocenters. The number of nitrogens with zero attached hydrogens (tertiary/aromatic N) is 2. The molecule has 2 aromatic rings. The van der Waals surface area contributed by atoms with Crippen molar-refractivity contribution >= 4 is 11.8 Å². The number of hydrogen-bond acceptors (Lipinski definition) is 3. The summed E-state index contributed by atoms with van der Waals surface area (Å²) in [4.78, 5) is 29.3. The van der Waals surface area contributed by atoms with Crippen LogP contribution in [0.1, 0.15) is 24.5 Å². The van der Waals surface area contributed by atoms with Crippen molar-refractivity contribution in [2.24, 2.45) is 11.7 Å². The Morgan fingerprint density at radius 2 is 1.83 bits per heavy atom. The monoisotopic (exact) mass is 393 g/mol. The summed E-state index contributed by atoms with van der Waals surface area (Å²) in [6.45, 7) is 6.68. The SMILES string of the molecule is CCN1CCN(C(=O)CCN)CC(Cc2ccccc2-c2ccc(C)cc2)C1=O. The van der Waals surface area contributed by atoms with Gasteiger partial charge in [0.1, 0.15) is 0 Å². The quantitative estimate of drug-likeness (QED) is 0.821. The van der Waals surface area contributed by atoms with Crippen molar-refractivity contribution in [3.8, 4) is 11.1 Å². The molecular formula is C24H31N3O2. The fourth-order valence-corrected chi connectivity index (χ4v) is 4.00. The second kappa shape index (κ2) is 9.70. The van der Waals surface area contributed by atoms with E-state index in [2.05, 4.69) is 43.3 Å². The van der Waals surface area contributed by atoms with Gasteiger partial charge in [0.15, 0.2) is 0 Å². The number of rotatable bonds is 6. The van der Waals surface area contributed by atoms with E-state index >= 15 is 0 Å². The van der Waals surface area contributed by atoms with Crippen LogP contribution in [0.2, 0.25) is 0 Å². The van der Waals surface area contributed by atoms with Crippen LogP contribution in [-0.2, 0) is 16.0 Å². The number of carbonyl (C=O) groups is 2. The summed E-state index contributed by atoms with van der Waals surface area (Å²) in [6.07, 6.45) is 0.943. The van der Waals surface area contributed by atoms with Gasteiger partial charge in [-0.15, -0.1) is 0 Å². The van der Waals surface area contributed by atoms with Gasteiger partial charge in [0, 0.05) is 39.1 Å². The lowest BCUT2D eigenvalue weighted by molar-refractivity contribution is -0.134. The highest BCUT2D eigenvalue weighted by Crippen LogP contribution is 2.27. The summed E-state index contributed by atoms with van der Waals surface area (Å²) in [6, 6.07) is 16.7. The van der Waals surface area contributed by atoms with Crippen LogP contribution in [0.3, 0.4) is 0 Å².